The van der Waals surface area contributed by atoms with E-state index in [1.807, 2.05) is 10.8 Å². The molecule has 0 saturated carbocycles. The lowest BCUT2D eigenvalue weighted by Gasteiger charge is -2.31. The minimum absolute atomic E-state index is 0.0322. The Labute approximate surface area is 398 Å². The van der Waals surface area contributed by atoms with E-state index >= 15 is 0 Å². The van der Waals surface area contributed by atoms with Gasteiger partial charge in [0.2, 0.25) is 11.8 Å². The molecular weight excluding hydrogens is 813 g/mol. The standard InChI is InChI=1S/C55H98N4O6/c1-6-8-10-12-14-16-18-20-22-24-26-28-30-32-36-41-51(60)59(45-39-44-58-46-43-56-49-58)50(54(63)57-48-53(62)65-55(3,4)5)40-35-34-38-47-64-52(61)42-37-33-31-29-27-25-23-21-19-17-15-13-11-9-7-2/h20-23,43,46,49-50H,6-19,24-42,44-45,47-48H2,1-5H3,(H,57,63)/b22-20-,23-21-. The maximum absolute atomic E-state index is 14.0. The molecule has 2 amide bonds. The van der Waals surface area contributed by atoms with Crippen molar-refractivity contribution in [2.75, 3.05) is 19.7 Å². The molecule has 0 radical (unpaired) electrons. The number of carbonyl (C=O) groups excluding carboxylic acids is 4. The maximum atomic E-state index is 14.0. The number of nitrogens with zero attached hydrogens (tertiary/aromatic N) is 3. The molecule has 0 aliphatic carbocycles. The van der Waals surface area contributed by atoms with Crippen LogP contribution in [0.1, 0.15) is 247 Å². The van der Waals surface area contributed by atoms with Gasteiger partial charge in [-0.1, -0.05) is 147 Å². The molecule has 0 bridgehead atoms. The van der Waals surface area contributed by atoms with Crippen LogP contribution in [0, 0.1) is 0 Å². The molecule has 0 aliphatic heterocycles. The average molecular weight is 911 g/mol. The Morgan fingerprint density at radius 1 is 0.615 bits per heavy atom. The van der Waals surface area contributed by atoms with Gasteiger partial charge >= 0.3 is 11.9 Å². The number of rotatable bonds is 44. The smallest absolute Gasteiger partial charge is 0.325 e. The second-order valence-electron chi connectivity index (χ2n) is 19.3. The molecule has 0 fully saturated rings. The Morgan fingerprint density at radius 3 is 1.62 bits per heavy atom. The Bertz CT molecular complexity index is 1350. The lowest BCUT2D eigenvalue weighted by atomic mass is 10.0. The summed E-state index contributed by atoms with van der Waals surface area (Å²) in [6.45, 7) is 11.1. The zero-order valence-corrected chi connectivity index (χ0v) is 42.6. The number of aromatic nitrogens is 2. The first-order chi connectivity index (χ1) is 31.6. The van der Waals surface area contributed by atoms with Crippen molar-refractivity contribution in [2.24, 2.45) is 0 Å². The number of ether oxygens (including phenoxy) is 2. The summed E-state index contributed by atoms with van der Waals surface area (Å²) in [6, 6.07) is -0.723. The maximum Gasteiger partial charge on any atom is 0.325 e. The normalized spacial score (nSPS) is 12.3. The van der Waals surface area contributed by atoms with E-state index in [4.69, 9.17) is 9.47 Å². The van der Waals surface area contributed by atoms with Gasteiger partial charge in [-0.25, -0.2) is 4.98 Å². The van der Waals surface area contributed by atoms with E-state index in [9.17, 15) is 19.2 Å². The molecule has 1 heterocycles. The van der Waals surface area contributed by atoms with Gasteiger partial charge < -0.3 is 24.3 Å². The highest BCUT2D eigenvalue weighted by molar-refractivity contribution is 5.89. The summed E-state index contributed by atoms with van der Waals surface area (Å²) in [7, 11) is 0. The molecular formula is C55H98N4O6. The van der Waals surface area contributed by atoms with Crippen LogP contribution in [-0.2, 0) is 35.2 Å². The van der Waals surface area contributed by atoms with Gasteiger partial charge in [-0.2, -0.15) is 0 Å². The summed E-state index contributed by atoms with van der Waals surface area (Å²) in [5, 5.41) is 2.79. The van der Waals surface area contributed by atoms with E-state index in [-0.39, 0.29) is 24.3 Å². The number of imidazole rings is 1. The van der Waals surface area contributed by atoms with Crippen LogP contribution in [0.25, 0.3) is 0 Å². The molecule has 1 unspecified atom stereocenters. The SMILES string of the molecule is CCCCCCCC/C=C\CCCCCCCC(=O)OCCCCCC(C(=O)NCC(=O)OC(C)(C)C)N(CCCn1ccnc1)C(=O)CCCCCCC/C=C\CCCCCCCC. The predicted molar refractivity (Wildman–Crippen MR) is 270 cm³/mol. The number of amides is 2. The highest BCUT2D eigenvalue weighted by atomic mass is 16.6. The van der Waals surface area contributed by atoms with Crippen LogP contribution >= 0.6 is 0 Å². The minimum Gasteiger partial charge on any atom is -0.466 e. The van der Waals surface area contributed by atoms with Crippen molar-refractivity contribution in [3.8, 4) is 0 Å². The largest absolute Gasteiger partial charge is 0.466 e. The summed E-state index contributed by atoms with van der Waals surface area (Å²) in [5.41, 5.74) is -0.673. The first-order valence-corrected chi connectivity index (χ1v) is 26.8. The number of hydrogen-bond acceptors (Lipinski definition) is 7. The second kappa shape index (κ2) is 42.0. The fourth-order valence-corrected chi connectivity index (χ4v) is 8.09. The second-order valence-corrected chi connectivity index (χ2v) is 19.3. The van der Waals surface area contributed by atoms with E-state index in [1.165, 1.54) is 103 Å². The van der Waals surface area contributed by atoms with Crippen LogP contribution in [0.4, 0.5) is 0 Å². The van der Waals surface area contributed by atoms with Crippen molar-refractivity contribution in [1.82, 2.24) is 19.8 Å². The summed E-state index contributed by atoms with van der Waals surface area (Å²) in [6.07, 6.45) is 50.1. The molecule has 10 nitrogen and oxygen atoms in total. The molecule has 1 atom stereocenters. The van der Waals surface area contributed by atoms with Crippen molar-refractivity contribution in [3.05, 3.63) is 43.0 Å². The minimum atomic E-state index is -0.723. The summed E-state index contributed by atoms with van der Waals surface area (Å²) >= 11 is 0. The van der Waals surface area contributed by atoms with Gasteiger partial charge in [0.1, 0.15) is 18.2 Å². The summed E-state index contributed by atoms with van der Waals surface area (Å²) in [5.74, 6) is -1.04. The van der Waals surface area contributed by atoms with Crippen LogP contribution in [-0.4, -0.2) is 69.5 Å². The quantitative estimate of drug-likeness (QED) is 0.0393. The zero-order chi connectivity index (χ0) is 47.5. The van der Waals surface area contributed by atoms with Crippen molar-refractivity contribution in [1.29, 1.82) is 0 Å². The molecule has 0 saturated heterocycles. The molecule has 1 N–H and O–H groups in total. The Balaban J connectivity index is 2.57. The van der Waals surface area contributed by atoms with E-state index < -0.39 is 17.6 Å². The summed E-state index contributed by atoms with van der Waals surface area (Å²) in [4.78, 5) is 58.7. The molecule has 10 heteroatoms. The van der Waals surface area contributed by atoms with Gasteiger partial charge in [0, 0.05) is 38.3 Å². The fraction of sp³-hybridized carbons (Fsp3) is 0.800. The molecule has 1 rings (SSSR count). The van der Waals surface area contributed by atoms with Crippen molar-refractivity contribution < 1.29 is 28.7 Å². The average Bonchev–Trinajstić information content (AvgIpc) is 3.80. The highest BCUT2D eigenvalue weighted by Gasteiger charge is 2.30. The van der Waals surface area contributed by atoms with Crippen molar-refractivity contribution in [3.63, 3.8) is 0 Å². The third-order valence-electron chi connectivity index (χ3n) is 11.9. The Kier molecular flexibility index (Phi) is 38.5. The van der Waals surface area contributed by atoms with Crippen LogP contribution < -0.4 is 5.32 Å². The van der Waals surface area contributed by atoms with Crippen LogP contribution in [0.2, 0.25) is 0 Å². The van der Waals surface area contributed by atoms with E-state index in [2.05, 4.69) is 48.5 Å². The van der Waals surface area contributed by atoms with Gasteiger partial charge in [-0.05, 0) is 111 Å². The van der Waals surface area contributed by atoms with E-state index in [1.54, 1.807) is 38.2 Å². The Morgan fingerprint density at radius 2 is 1.11 bits per heavy atom. The number of esters is 2. The monoisotopic (exact) mass is 911 g/mol. The lowest BCUT2D eigenvalue weighted by Crippen LogP contribution is -2.51. The molecule has 1 aromatic heterocycles. The summed E-state index contributed by atoms with van der Waals surface area (Å²) < 4.78 is 13.0. The lowest BCUT2D eigenvalue weighted by molar-refractivity contribution is -0.155. The van der Waals surface area contributed by atoms with E-state index in [0.717, 1.165) is 70.6 Å². The fourth-order valence-electron chi connectivity index (χ4n) is 8.09. The van der Waals surface area contributed by atoms with Crippen molar-refractivity contribution in [2.45, 2.75) is 265 Å². The topological polar surface area (TPSA) is 120 Å². The van der Waals surface area contributed by atoms with Crippen molar-refractivity contribution >= 4 is 23.8 Å². The number of aryl methyl sites for hydroxylation is 1. The molecule has 0 spiro atoms. The number of hydrogen-bond donors (Lipinski definition) is 1. The molecule has 374 valence electrons. The van der Waals surface area contributed by atoms with Crippen LogP contribution in [0.5, 0.6) is 0 Å². The first kappa shape index (κ1) is 59.6. The highest BCUT2D eigenvalue weighted by Crippen LogP contribution is 2.18. The predicted octanol–water partition coefficient (Wildman–Crippen LogP) is 14.1. The molecule has 0 aromatic carbocycles. The first-order valence-electron chi connectivity index (χ1n) is 26.8. The van der Waals surface area contributed by atoms with Gasteiger partial charge in [0.25, 0.3) is 0 Å². The molecule has 1 aromatic rings. The van der Waals surface area contributed by atoms with Gasteiger partial charge in [-0.3, -0.25) is 19.2 Å². The molecule has 65 heavy (non-hydrogen) atoms. The molecule has 0 aliphatic rings. The van der Waals surface area contributed by atoms with Gasteiger partial charge in [0.05, 0.1) is 12.9 Å². The number of carbonyl (C=O) groups is 4. The third kappa shape index (κ3) is 37.4. The van der Waals surface area contributed by atoms with E-state index in [0.29, 0.717) is 58.2 Å². The zero-order valence-electron chi connectivity index (χ0n) is 42.6. The number of unbranched alkanes of at least 4 members (excludes halogenated alkanes) is 24. The van der Waals surface area contributed by atoms with Crippen LogP contribution in [0.15, 0.2) is 43.0 Å². The number of nitrogens with one attached hydrogen (secondary N) is 1. The van der Waals surface area contributed by atoms with Gasteiger partial charge in [0.15, 0.2) is 0 Å². The third-order valence-corrected chi connectivity index (χ3v) is 11.9. The Hall–Kier alpha value is -3.43. The van der Waals surface area contributed by atoms with Gasteiger partial charge in [-0.15, -0.1) is 0 Å². The number of allylic oxidation sites excluding steroid dienone is 4. The van der Waals surface area contributed by atoms with Crippen LogP contribution in [0.3, 0.4) is 0 Å².